The van der Waals surface area contributed by atoms with E-state index in [1.807, 2.05) is 45.0 Å². The van der Waals surface area contributed by atoms with Crippen LogP contribution in [0.3, 0.4) is 0 Å². The molecule has 0 aliphatic carbocycles. The molecule has 0 saturated carbocycles. The van der Waals surface area contributed by atoms with Crippen LogP contribution in [0, 0.1) is 5.41 Å². The Kier molecular flexibility index (Phi) is 4.85. The van der Waals surface area contributed by atoms with Gasteiger partial charge in [-0.1, -0.05) is 19.1 Å². The zero-order valence-electron chi connectivity index (χ0n) is 15.7. The van der Waals surface area contributed by atoms with Crippen molar-refractivity contribution in [1.29, 1.82) is 0 Å². The van der Waals surface area contributed by atoms with Crippen molar-refractivity contribution in [3.8, 4) is 5.75 Å². The van der Waals surface area contributed by atoms with Crippen LogP contribution in [0.2, 0.25) is 0 Å². The molecule has 3 aliphatic heterocycles. The average molecular weight is 351 g/mol. The quantitative estimate of drug-likeness (QED) is 0.879. The molecule has 1 aromatic carbocycles. The Balaban J connectivity index is 1.76. The van der Waals surface area contributed by atoms with Gasteiger partial charge in [-0.05, 0) is 38.5 Å². The number of rotatable bonds is 5. The molecule has 2 bridgehead atoms. The molecule has 0 amide bonds. The van der Waals surface area contributed by atoms with Crippen LogP contribution in [0.25, 0.3) is 0 Å². The van der Waals surface area contributed by atoms with E-state index in [9.17, 15) is 0 Å². The van der Waals surface area contributed by atoms with E-state index in [1.54, 1.807) is 7.11 Å². The van der Waals surface area contributed by atoms with Crippen LogP contribution in [0.5, 0.6) is 5.75 Å². The van der Waals surface area contributed by atoms with Crippen molar-refractivity contribution in [1.82, 2.24) is 0 Å². The Morgan fingerprint density at radius 2 is 1.56 bits per heavy atom. The van der Waals surface area contributed by atoms with E-state index in [2.05, 4.69) is 6.92 Å². The Morgan fingerprint density at radius 3 is 2.00 bits per heavy atom. The molecule has 6 heteroatoms. The zero-order valence-corrected chi connectivity index (χ0v) is 15.7. The summed E-state index contributed by atoms with van der Waals surface area (Å²) in [6.45, 7) is 9.81. The average Bonchev–Trinajstić information content (AvgIpc) is 2.56. The number of methoxy groups -OCH3 is 1. The van der Waals surface area contributed by atoms with E-state index in [0.29, 0.717) is 19.8 Å². The summed E-state index contributed by atoms with van der Waals surface area (Å²) in [5.41, 5.74) is 7.03. The normalized spacial score (nSPS) is 31.6. The molecule has 3 heterocycles. The van der Waals surface area contributed by atoms with E-state index in [0.717, 1.165) is 11.3 Å². The van der Waals surface area contributed by atoms with Gasteiger partial charge in [0.1, 0.15) is 23.5 Å². The third-order valence-corrected chi connectivity index (χ3v) is 4.49. The molecule has 0 aromatic heterocycles. The van der Waals surface area contributed by atoms with E-state index < -0.39 is 18.1 Å². The number of hydrogen-bond acceptors (Lipinski definition) is 6. The minimum Gasteiger partial charge on any atom is -0.488 e. The smallest absolute Gasteiger partial charge is 0.302 e. The first-order chi connectivity index (χ1) is 11.7. The summed E-state index contributed by atoms with van der Waals surface area (Å²) in [5.74, 6) is -0.452. The maximum absolute atomic E-state index is 6.46. The van der Waals surface area contributed by atoms with Gasteiger partial charge in [0.15, 0.2) is 0 Å². The van der Waals surface area contributed by atoms with Crippen molar-refractivity contribution in [3.05, 3.63) is 29.8 Å². The molecule has 3 aliphatic rings. The largest absolute Gasteiger partial charge is 0.488 e. The van der Waals surface area contributed by atoms with Gasteiger partial charge < -0.3 is 29.4 Å². The first kappa shape index (κ1) is 18.6. The zero-order chi connectivity index (χ0) is 18.3. The SMILES string of the molecule is CO[C@H](c1ccc(OC(C)(C)C)cc1)[C@H](N)C12OCC(C)(CO1)CO2. The van der Waals surface area contributed by atoms with Gasteiger partial charge in [-0.25, -0.2) is 0 Å². The predicted octanol–water partition coefficient (Wildman–Crippen LogP) is 2.62. The summed E-state index contributed by atoms with van der Waals surface area (Å²) >= 11 is 0. The second-order valence-electron chi connectivity index (χ2n) is 8.25. The van der Waals surface area contributed by atoms with Crippen molar-refractivity contribution >= 4 is 0 Å². The molecule has 0 unspecified atom stereocenters. The van der Waals surface area contributed by atoms with E-state index >= 15 is 0 Å². The molecule has 2 atom stereocenters. The van der Waals surface area contributed by atoms with Crippen molar-refractivity contribution in [2.75, 3.05) is 26.9 Å². The van der Waals surface area contributed by atoms with Crippen LogP contribution in [0.15, 0.2) is 24.3 Å². The first-order valence-electron chi connectivity index (χ1n) is 8.66. The van der Waals surface area contributed by atoms with Crippen molar-refractivity contribution in [2.24, 2.45) is 11.1 Å². The van der Waals surface area contributed by atoms with Crippen LogP contribution >= 0.6 is 0 Å². The fraction of sp³-hybridized carbons (Fsp3) is 0.684. The highest BCUT2D eigenvalue weighted by molar-refractivity contribution is 5.30. The standard InChI is InChI=1S/C19H29NO5/c1-17(2,3)25-14-8-6-13(7-9-14)15(21-5)16(20)19-22-10-18(4,11-23-19)12-24-19/h6-9,15-16H,10-12,20H2,1-5H3/t15-,16+,18?,19?/m1/s1. The lowest BCUT2D eigenvalue weighted by atomic mass is 9.90. The van der Waals surface area contributed by atoms with E-state index in [-0.39, 0.29) is 11.0 Å². The Labute approximate surface area is 149 Å². The number of nitrogens with two attached hydrogens (primary N) is 1. The van der Waals surface area contributed by atoms with Gasteiger partial charge >= 0.3 is 5.97 Å². The molecule has 3 saturated heterocycles. The van der Waals surface area contributed by atoms with Crippen molar-refractivity contribution in [3.63, 3.8) is 0 Å². The maximum Gasteiger partial charge on any atom is 0.302 e. The van der Waals surface area contributed by atoms with Crippen molar-refractivity contribution < 1.29 is 23.7 Å². The van der Waals surface area contributed by atoms with E-state index in [1.165, 1.54) is 0 Å². The maximum atomic E-state index is 6.46. The van der Waals surface area contributed by atoms with Gasteiger partial charge in [-0.3, -0.25) is 0 Å². The Hall–Kier alpha value is -1.18. The van der Waals surface area contributed by atoms with Gasteiger partial charge in [-0.15, -0.1) is 0 Å². The number of ether oxygens (including phenoxy) is 5. The molecule has 2 N–H and O–H groups in total. The second-order valence-corrected chi connectivity index (χ2v) is 8.25. The van der Waals surface area contributed by atoms with Gasteiger partial charge in [0, 0.05) is 12.5 Å². The summed E-state index contributed by atoms with van der Waals surface area (Å²) in [5, 5.41) is 0. The van der Waals surface area contributed by atoms with Gasteiger partial charge in [0.05, 0.1) is 19.8 Å². The summed E-state index contributed by atoms with van der Waals surface area (Å²) in [6, 6.07) is 7.11. The summed E-state index contributed by atoms with van der Waals surface area (Å²) in [4.78, 5) is 0. The number of benzene rings is 1. The highest BCUT2D eigenvalue weighted by Crippen LogP contribution is 2.42. The minimum absolute atomic E-state index is 0.101. The molecule has 0 spiro atoms. The molecule has 6 nitrogen and oxygen atoms in total. The van der Waals surface area contributed by atoms with Crippen LogP contribution in [0.4, 0.5) is 0 Å². The highest BCUT2D eigenvalue weighted by Gasteiger charge is 2.56. The van der Waals surface area contributed by atoms with Crippen LogP contribution < -0.4 is 10.5 Å². The fourth-order valence-corrected chi connectivity index (χ4v) is 3.12. The van der Waals surface area contributed by atoms with Gasteiger partial charge in [-0.2, -0.15) is 0 Å². The number of fused-ring (bicyclic) bond motifs is 3. The monoisotopic (exact) mass is 351 g/mol. The summed E-state index contributed by atoms with van der Waals surface area (Å²) in [6.07, 6.45) is -0.425. The molecular formula is C19H29NO5. The minimum atomic E-state index is -1.25. The lowest BCUT2D eigenvalue weighted by molar-refractivity contribution is -0.476. The third kappa shape index (κ3) is 3.83. The fourth-order valence-electron chi connectivity index (χ4n) is 3.12. The third-order valence-electron chi connectivity index (χ3n) is 4.49. The predicted molar refractivity (Wildman–Crippen MR) is 93.2 cm³/mol. The van der Waals surface area contributed by atoms with Gasteiger partial charge in [0.25, 0.3) is 0 Å². The Bertz CT molecular complexity index is 570. The molecule has 140 valence electrons. The molecule has 0 radical (unpaired) electrons. The first-order valence-corrected chi connectivity index (χ1v) is 8.66. The molecule has 4 rings (SSSR count). The van der Waals surface area contributed by atoms with Gasteiger partial charge in [0.2, 0.25) is 0 Å². The topological polar surface area (TPSA) is 72.2 Å². The molecule has 3 fully saturated rings. The number of hydrogen-bond donors (Lipinski definition) is 1. The summed E-state index contributed by atoms with van der Waals surface area (Å²) < 4.78 is 29.1. The van der Waals surface area contributed by atoms with E-state index in [4.69, 9.17) is 29.4 Å². The molecular weight excluding hydrogens is 322 g/mol. The van der Waals surface area contributed by atoms with Crippen LogP contribution in [-0.2, 0) is 18.9 Å². The summed E-state index contributed by atoms with van der Waals surface area (Å²) in [7, 11) is 1.62. The van der Waals surface area contributed by atoms with Crippen LogP contribution in [-0.4, -0.2) is 44.5 Å². The second kappa shape index (κ2) is 6.52. The Morgan fingerprint density at radius 1 is 1.04 bits per heavy atom. The van der Waals surface area contributed by atoms with Crippen molar-refractivity contribution in [2.45, 2.75) is 51.4 Å². The lowest BCUT2D eigenvalue weighted by Gasteiger charge is -2.53. The lowest BCUT2D eigenvalue weighted by Crippen LogP contribution is -2.67. The molecule has 25 heavy (non-hydrogen) atoms. The highest BCUT2D eigenvalue weighted by atomic mass is 16.9. The van der Waals surface area contributed by atoms with Crippen LogP contribution in [0.1, 0.15) is 39.4 Å². The molecule has 1 aromatic rings.